The van der Waals surface area contributed by atoms with Crippen molar-refractivity contribution in [2.45, 2.75) is 11.5 Å². The Hall–Kier alpha value is -3.51. The van der Waals surface area contributed by atoms with Crippen LogP contribution in [0.3, 0.4) is 0 Å². The standard InChI is InChI=1S/C24H22N2O3S/c25-23(27)17-30-22-9-5-4-8-21(22)26-24(28)15-12-18-10-13-20(14-11-18)29-16-19-6-2-1-3-7-19/h1-15H,16-17H2,(H2,25,27)(H,26,28)/b15-12+. The zero-order valence-electron chi connectivity index (χ0n) is 16.3. The van der Waals surface area contributed by atoms with Gasteiger partial charge in [-0.3, -0.25) is 9.59 Å². The number of benzene rings is 3. The maximum absolute atomic E-state index is 12.3. The molecule has 3 N–H and O–H groups in total. The number of ether oxygens (including phenoxy) is 1. The zero-order valence-corrected chi connectivity index (χ0v) is 17.1. The van der Waals surface area contributed by atoms with Gasteiger partial charge in [-0.15, -0.1) is 11.8 Å². The van der Waals surface area contributed by atoms with Crippen LogP contribution < -0.4 is 15.8 Å². The average molecular weight is 419 g/mol. The first-order valence-corrected chi connectivity index (χ1v) is 10.3. The molecule has 6 heteroatoms. The Morgan fingerprint density at radius 2 is 1.63 bits per heavy atom. The number of nitrogens with one attached hydrogen (secondary N) is 1. The fourth-order valence-electron chi connectivity index (χ4n) is 2.61. The predicted octanol–water partition coefficient (Wildman–Crippen LogP) is 4.49. The second-order valence-corrected chi connectivity index (χ2v) is 7.43. The highest BCUT2D eigenvalue weighted by Gasteiger charge is 2.06. The minimum absolute atomic E-state index is 0.154. The van der Waals surface area contributed by atoms with Crippen molar-refractivity contribution in [1.29, 1.82) is 0 Å². The van der Waals surface area contributed by atoms with Gasteiger partial charge in [0.25, 0.3) is 0 Å². The van der Waals surface area contributed by atoms with Crippen LogP contribution in [0, 0.1) is 0 Å². The number of thioether (sulfide) groups is 1. The minimum atomic E-state index is -0.405. The van der Waals surface area contributed by atoms with E-state index < -0.39 is 5.91 Å². The maximum Gasteiger partial charge on any atom is 0.248 e. The Morgan fingerprint density at radius 1 is 0.933 bits per heavy atom. The summed E-state index contributed by atoms with van der Waals surface area (Å²) in [5, 5.41) is 2.83. The number of anilines is 1. The van der Waals surface area contributed by atoms with Crippen LogP contribution in [0.4, 0.5) is 5.69 Å². The molecular formula is C24H22N2O3S. The lowest BCUT2D eigenvalue weighted by Crippen LogP contribution is -2.13. The molecule has 2 amide bonds. The molecule has 0 unspecified atom stereocenters. The molecule has 3 rings (SSSR count). The van der Waals surface area contributed by atoms with Crippen LogP contribution in [0.25, 0.3) is 6.08 Å². The van der Waals surface area contributed by atoms with Gasteiger partial charge in [0.1, 0.15) is 12.4 Å². The Bertz CT molecular complexity index is 1020. The van der Waals surface area contributed by atoms with E-state index in [2.05, 4.69) is 5.32 Å². The van der Waals surface area contributed by atoms with Gasteiger partial charge in [-0.25, -0.2) is 0 Å². The van der Waals surface area contributed by atoms with Gasteiger partial charge in [0.2, 0.25) is 11.8 Å². The Kier molecular flexibility index (Phi) is 7.69. The largest absolute Gasteiger partial charge is 0.489 e. The van der Waals surface area contributed by atoms with Crippen molar-refractivity contribution in [1.82, 2.24) is 0 Å². The number of para-hydroxylation sites is 1. The number of amides is 2. The molecule has 0 aliphatic carbocycles. The van der Waals surface area contributed by atoms with Crippen molar-refractivity contribution < 1.29 is 14.3 Å². The Balaban J connectivity index is 1.54. The summed E-state index contributed by atoms with van der Waals surface area (Å²) >= 11 is 1.29. The van der Waals surface area contributed by atoms with Crippen LogP contribution >= 0.6 is 11.8 Å². The summed E-state index contributed by atoms with van der Waals surface area (Å²) in [4.78, 5) is 24.1. The summed E-state index contributed by atoms with van der Waals surface area (Å²) in [6.45, 7) is 0.506. The normalized spacial score (nSPS) is 10.7. The predicted molar refractivity (Wildman–Crippen MR) is 121 cm³/mol. The smallest absolute Gasteiger partial charge is 0.248 e. The first kappa shape index (κ1) is 21.2. The number of hydrogen-bond acceptors (Lipinski definition) is 4. The van der Waals surface area contributed by atoms with E-state index in [0.717, 1.165) is 21.8 Å². The summed E-state index contributed by atoms with van der Waals surface area (Å²) in [5.74, 6) is 0.256. The van der Waals surface area contributed by atoms with Gasteiger partial charge in [0, 0.05) is 11.0 Å². The highest BCUT2D eigenvalue weighted by atomic mass is 32.2. The lowest BCUT2D eigenvalue weighted by molar-refractivity contribution is -0.115. The van der Waals surface area contributed by atoms with Gasteiger partial charge in [-0.2, -0.15) is 0 Å². The van der Waals surface area contributed by atoms with Crippen LogP contribution in [-0.4, -0.2) is 17.6 Å². The van der Waals surface area contributed by atoms with Crippen LogP contribution in [-0.2, 0) is 16.2 Å². The van der Waals surface area contributed by atoms with Gasteiger partial charge in [0.05, 0.1) is 11.4 Å². The lowest BCUT2D eigenvalue weighted by atomic mass is 10.2. The summed E-state index contributed by atoms with van der Waals surface area (Å²) in [5.41, 5.74) is 7.82. The summed E-state index contributed by atoms with van der Waals surface area (Å²) in [6.07, 6.45) is 3.20. The molecule has 5 nitrogen and oxygen atoms in total. The molecule has 0 radical (unpaired) electrons. The SMILES string of the molecule is NC(=O)CSc1ccccc1NC(=O)/C=C/c1ccc(OCc2ccccc2)cc1. The number of rotatable bonds is 9. The van der Waals surface area contributed by atoms with Crippen molar-refractivity contribution in [2.75, 3.05) is 11.1 Å². The van der Waals surface area contributed by atoms with Gasteiger partial charge >= 0.3 is 0 Å². The molecule has 0 bridgehead atoms. The maximum atomic E-state index is 12.3. The molecule has 0 fully saturated rings. The molecule has 0 aromatic heterocycles. The third-order valence-electron chi connectivity index (χ3n) is 4.07. The number of hydrogen-bond donors (Lipinski definition) is 2. The van der Waals surface area contributed by atoms with E-state index in [1.165, 1.54) is 17.8 Å². The van der Waals surface area contributed by atoms with Gasteiger partial charge in [-0.05, 0) is 41.5 Å². The fourth-order valence-corrected chi connectivity index (χ4v) is 3.35. The van der Waals surface area contributed by atoms with Crippen LogP contribution in [0.15, 0.2) is 89.8 Å². The molecule has 0 aliphatic rings. The van der Waals surface area contributed by atoms with E-state index >= 15 is 0 Å². The second kappa shape index (κ2) is 10.9. The first-order valence-electron chi connectivity index (χ1n) is 9.36. The van der Waals surface area contributed by atoms with Crippen molar-refractivity contribution in [3.63, 3.8) is 0 Å². The molecule has 0 spiro atoms. The molecule has 0 saturated carbocycles. The second-order valence-electron chi connectivity index (χ2n) is 6.42. The molecule has 30 heavy (non-hydrogen) atoms. The number of primary amides is 1. The Labute approximate surface area is 179 Å². The molecule has 3 aromatic carbocycles. The topological polar surface area (TPSA) is 81.4 Å². The number of carbonyl (C=O) groups excluding carboxylic acids is 2. The first-order chi connectivity index (χ1) is 14.6. The van der Waals surface area contributed by atoms with Crippen LogP contribution in [0.5, 0.6) is 5.75 Å². The van der Waals surface area contributed by atoms with E-state index in [4.69, 9.17) is 10.5 Å². The van der Waals surface area contributed by atoms with E-state index in [0.29, 0.717) is 12.3 Å². The quantitative estimate of drug-likeness (QED) is 0.396. The molecular weight excluding hydrogens is 396 g/mol. The molecule has 152 valence electrons. The minimum Gasteiger partial charge on any atom is -0.489 e. The lowest BCUT2D eigenvalue weighted by Gasteiger charge is -2.08. The molecule has 0 atom stereocenters. The van der Waals surface area contributed by atoms with E-state index in [-0.39, 0.29) is 11.7 Å². The third-order valence-corrected chi connectivity index (χ3v) is 5.17. The van der Waals surface area contributed by atoms with Crippen molar-refractivity contribution in [2.24, 2.45) is 5.73 Å². The summed E-state index contributed by atoms with van der Waals surface area (Å²) < 4.78 is 5.77. The summed E-state index contributed by atoms with van der Waals surface area (Å²) in [6, 6.07) is 24.8. The monoisotopic (exact) mass is 418 g/mol. The molecule has 0 saturated heterocycles. The summed E-state index contributed by atoms with van der Waals surface area (Å²) in [7, 11) is 0. The zero-order chi connectivity index (χ0) is 21.2. The molecule has 0 aliphatic heterocycles. The Morgan fingerprint density at radius 3 is 2.37 bits per heavy atom. The van der Waals surface area contributed by atoms with Gasteiger partial charge in [0.15, 0.2) is 0 Å². The van der Waals surface area contributed by atoms with Crippen molar-refractivity contribution in [3.8, 4) is 5.75 Å². The van der Waals surface area contributed by atoms with Crippen LogP contribution in [0.2, 0.25) is 0 Å². The van der Waals surface area contributed by atoms with Gasteiger partial charge < -0.3 is 15.8 Å². The van der Waals surface area contributed by atoms with Crippen LogP contribution in [0.1, 0.15) is 11.1 Å². The van der Waals surface area contributed by atoms with Crippen molar-refractivity contribution in [3.05, 3.63) is 96.1 Å². The number of nitrogens with two attached hydrogens (primary N) is 1. The highest BCUT2D eigenvalue weighted by Crippen LogP contribution is 2.26. The molecule has 0 heterocycles. The highest BCUT2D eigenvalue weighted by molar-refractivity contribution is 8.00. The third kappa shape index (κ3) is 6.83. The van der Waals surface area contributed by atoms with E-state index in [9.17, 15) is 9.59 Å². The van der Waals surface area contributed by atoms with E-state index in [1.807, 2.05) is 72.8 Å². The molecule has 3 aromatic rings. The fraction of sp³-hybridized carbons (Fsp3) is 0.0833. The van der Waals surface area contributed by atoms with Gasteiger partial charge in [-0.1, -0.05) is 54.6 Å². The van der Waals surface area contributed by atoms with Crippen molar-refractivity contribution >= 4 is 35.3 Å². The average Bonchev–Trinajstić information content (AvgIpc) is 2.77. The number of carbonyl (C=O) groups is 2. The van der Waals surface area contributed by atoms with E-state index in [1.54, 1.807) is 12.1 Å².